The molecular formula is C23H20O5. The van der Waals surface area contributed by atoms with Crippen molar-refractivity contribution in [2.75, 3.05) is 6.61 Å². The van der Waals surface area contributed by atoms with Gasteiger partial charge in [0.25, 0.3) is 0 Å². The van der Waals surface area contributed by atoms with E-state index in [-0.39, 0.29) is 24.0 Å². The van der Waals surface area contributed by atoms with Gasteiger partial charge in [0.15, 0.2) is 11.5 Å². The quantitative estimate of drug-likeness (QED) is 0.610. The summed E-state index contributed by atoms with van der Waals surface area (Å²) in [7, 11) is 0. The van der Waals surface area contributed by atoms with Crippen LogP contribution >= 0.6 is 0 Å². The molecule has 2 atom stereocenters. The molecule has 0 aromatic heterocycles. The largest absolute Gasteiger partial charge is 0.504 e. The van der Waals surface area contributed by atoms with Crippen LogP contribution in [0.15, 0.2) is 60.7 Å². The highest BCUT2D eigenvalue weighted by atomic mass is 16.5. The molecule has 0 amide bonds. The standard InChI is InChI=1S/C23H20O5/c24-19-8-15-11-23(26)13-28-21-9-16(27-12-14-4-2-1-3-5-14)6-7-17(21)22(23)18(15)10-20(19)25/h1-10,22,24-26H,11-13H2/t22-,23+/m0/s1. The monoisotopic (exact) mass is 376 g/mol. The molecule has 3 aromatic rings. The average molecular weight is 376 g/mol. The van der Waals surface area contributed by atoms with Crippen LogP contribution in [0.5, 0.6) is 23.0 Å². The van der Waals surface area contributed by atoms with E-state index in [0.717, 1.165) is 22.3 Å². The van der Waals surface area contributed by atoms with E-state index in [1.165, 1.54) is 6.07 Å². The van der Waals surface area contributed by atoms with Gasteiger partial charge in [-0.2, -0.15) is 0 Å². The van der Waals surface area contributed by atoms with E-state index < -0.39 is 5.60 Å². The minimum absolute atomic E-state index is 0.142. The van der Waals surface area contributed by atoms with Crippen molar-refractivity contribution >= 4 is 0 Å². The number of phenols is 2. The van der Waals surface area contributed by atoms with Crippen LogP contribution in [0.2, 0.25) is 0 Å². The zero-order chi connectivity index (χ0) is 19.3. The fourth-order valence-electron chi connectivity index (χ4n) is 4.28. The molecule has 0 saturated heterocycles. The molecule has 0 bridgehead atoms. The normalized spacial score (nSPS) is 22.0. The van der Waals surface area contributed by atoms with E-state index >= 15 is 0 Å². The van der Waals surface area contributed by atoms with Crippen LogP contribution in [-0.2, 0) is 13.0 Å². The van der Waals surface area contributed by atoms with Gasteiger partial charge in [-0.3, -0.25) is 0 Å². The summed E-state index contributed by atoms with van der Waals surface area (Å²) in [6.07, 6.45) is 0.368. The van der Waals surface area contributed by atoms with E-state index in [0.29, 0.717) is 24.5 Å². The number of benzene rings is 3. The fourth-order valence-corrected chi connectivity index (χ4v) is 4.28. The molecule has 142 valence electrons. The summed E-state index contributed by atoms with van der Waals surface area (Å²) in [5.41, 5.74) is 2.48. The van der Waals surface area contributed by atoms with Crippen LogP contribution in [0.25, 0.3) is 0 Å². The summed E-state index contributed by atoms with van der Waals surface area (Å²) in [5, 5.41) is 30.9. The number of rotatable bonds is 3. The first-order valence-electron chi connectivity index (χ1n) is 9.24. The Hall–Kier alpha value is -3.18. The highest BCUT2D eigenvalue weighted by Gasteiger charge is 2.50. The van der Waals surface area contributed by atoms with Gasteiger partial charge < -0.3 is 24.8 Å². The van der Waals surface area contributed by atoms with Gasteiger partial charge in [0.1, 0.15) is 30.3 Å². The Labute approximate surface area is 162 Å². The van der Waals surface area contributed by atoms with Crippen molar-refractivity contribution in [2.45, 2.75) is 24.5 Å². The van der Waals surface area contributed by atoms with Gasteiger partial charge in [0.05, 0.1) is 0 Å². The van der Waals surface area contributed by atoms with Crippen LogP contribution in [0.1, 0.15) is 28.2 Å². The second kappa shape index (κ2) is 6.17. The smallest absolute Gasteiger partial charge is 0.157 e. The first kappa shape index (κ1) is 17.0. The van der Waals surface area contributed by atoms with Gasteiger partial charge in [-0.25, -0.2) is 0 Å². The van der Waals surface area contributed by atoms with Gasteiger partial charge in [-0.15, -0.1) is 0 Å². The lowest BCUT2D eigenvalue weighted by Crippen LogP contribution is -2.43. The molecule has 1 aliphatic heterocycles. The van der Waals surface area contributed by atoms with Crippen LogP contribution in [0, 0.1) is 0 Å². The Balaban J connectivity index is 1.47. The molecule has 1 aliphatic carbocycles. The summed E-state index contributed by atoms with van der Waals surface area (Å²) in [5.74, 6) is 0.687. The molecule has 3 aromatic carbocycles. The van der Waals surface area contributed by atoms with Gasteiger partial charge in [-0.05, 0) is 34.9 Å². The van der Waals surface area contributed by atoms with Crippen LogP contribution in [0.4, 0.5) is 0 Å². The Kier molecular flexibility index (Phi) is 3.74. The van der Waals surface area contributed by atoms with Gasteiger partial charge in [0.2, 0.25) is 0 Å². The molecule has 5 heteroatoms. The number of phenolic OH excluding ortho intramolecular Hbond substituents is 2. The maximum Gasteiger partial charge on any atom is 0.157 e. The highest BCUT2D eigenvalue weighted by molar-refractivity contribution is 5.58. The topological polar surface area (TPSA) is 79.2 Å². The summed E-state index contributed by atoms with van der Waals surface area (Å²) < 4.78 is 11.8. The summed E-state index contributed by atoms with van der Waals surface area (Å²) in [4.78, 5) is 0. The summed E-state index contributed by atoms with van der Waals surface area (Å²) >= 11 is 0. The lowest BCUT2D eigenvalue weighted by Gasteiger charge is -2.36. The van der Waals surface area contributed by atoms with Gasteiger partial charge in [0, 0.05) is 24.0 Å². The molecule has 0 unspecified atom stereocenters. The first-order valence-corrected chi connectivity index (χ1v) is 9.24. The minimum Gasteiger partial charge on any atom is -0.504 e. The molecule has 0 saturated carbocycles. The predicted molar refractivity (Wildman–Crippen MR) is 103 cm³/mol. The predicted octanol–water partition coefficient (Wildman–Crippen LogP) is 3.49. The third-order valence-electron chi connectivity index (χ3n) is 5.60. The molecule has 0 spiro atoms. The average Bonchev–Trinajstić information content (AvgIpc) is 2.99. The highest BCUT2D eigenvalue weighted by Crippen LogP contribution is 2.53. The van der Waals surface area contributed by atoms with E-state index in [2.05, 4.69) is 0 Å². The maximum atomic E-state index is 11.2. The van der Waals surface area contributed by atoms with Gasteiger partial charge in [-0.1, -0.05) is 36.4 Å². The van der Waals surface area contributed by atoms with Crippen molar-refractivity contribution in [2.24, 2.45) is 0 Å². The second-order valence-electron chi connectivity index (χ2n) is 7.52. The Bertz CT molecular complexity index is 1050. The van der Waals surface area contributed by atoms with Crippen LogP contribution in [0.3, 0.4) is 0 Å². The first-order chi connectivity index (χ1) is 13.5. The molecular weight excluding hydrogens is 356 g/mol. The second-order valence-corrected chi connectivity index (χ2v) is 7.52. The number of ether oxygens (including phenoxy) is 2. The molecule has 0 radical (unpaired) electrons. The zero-order valence-corrected chi connectivity index (χ0v) is 15.1. The van der Waals surface area contributed by atoms with E-state index in [9.17, 15) is 15.3 Å². The third-order valence-corrected chi connectivity index (χ3v) is 5.60. The number of hydrogen-bond donors (Lipinski definition) is 3. The van der Waals surface area contributed by atoms with E-state index in [4.69, 9.17) is 9.47 Å². The molecule has 3 N–H and O–H groups in total. The Morgan fingerprint density at radius 1 is 0.964 bits per heavy atom. The Morgan fingerprint density at radius 2 is 1.75 bits per heavy atom. The van der Waals surface area contributed by atoms with Crippen molar-refractivity contribution in [1.82, 2.24) is 0 Å². The van der Waals surface area contributed by atoms with Crippen molar-refractivity contribution in [3.8, 4) is 23.0 Å². The van der Waals surface area contributed by atoms with Crippen molar-refractivity contribution in [1.29, 1.82) is 0 Å². The number of aromatic hydroxyl groups is 2. The molecule has 5 nitrogen and oxygen atoms in total. The molecule has 28 heavy (non-hydrogen) atoms. The number of aliphatic hydroxyl groups is 1. The SMILES string of the molecule is Oc1cc2c(cc1O)[C@@H]1c3ccc(OCc4ccccc4)cc3OC[C@]1(O)C2. The van der Waals surface area contributed by atoms with Crippen molar-refractivity contribution in [3.63, 3.8) is 0 Å². The lowest BCUT2D eigenvalue weighted by molar-refractivity contribution is -0.0219. The van der Waals surface area contributed by atoms with E-state index in [1.807, 2.05) is 48.5 Å². The molecule has 0 fully saturated rings. The van der Waals surface area contributed by atoms with Crippen LogP contribution in [-0.4, -0.2) is 27.5 Å². The molecule has 1 heterocycles. The minimum atomic E-state index is -1.10. The fraction of sp³-hybridized carbons (Fsp3) is 0.217. The zero-order valence-electron chi connectivity index (χ0n) is 15.1. The van der Waals surface area contributed by atoms with Crippen LogP contribution < -0.4 is 9.47 Å². The lowest BCUT2D eigenvalue weighted by atomic mass is 9.80. The molecule has 5 rings (SSSR count). The maximum absolute atomic E-state index is 11.2. The number of fused-ring (bicyclic) bond motifs is 5. The summed E-state index contributed by atoms with van der Waals surface area (Å²) in [6.45, 7) is 0.603. The third kappa shape index (κ3) is 2.67. The Morgan fingerprint density at radius 3 is 2.57 bits per heavy atom. The van der Waals surface area contributed by atoms with Crippen molar-refractivity contribution in [3.05, 3.63) is 82.9 Å². The van der Waals surface area contributed by atoms with E-state index in [1.54, 1.807) is 6.07 Å². The number of hydrogen-bond acceptors (Lipinski definition) is 5. The van der Waals surface area contributed by atoms with Gasteiger partial charge >= 0.3 is 0 Å². The summed E-state index contributed by atoms with van der Waals surface area (Å²) in [6, 6.07) is 18.6. The van der Waals surface area contributed by atoms with Crippen molar-refractivity contribution < 1.29 is 24.8 Å². The molecule has 2 aliphatic rings.